The molecule has 1 fully saturated rings. The average Bonchev–Trinajstić information content (AvgIpc) is 3.11. The molecule has 27 heavy (non-hydrogen) atoms. The van der Waals surface area contributed by atoms with Crippen molar-refractivity contribution in [2.45, 2.75) is 57.4 Å². The molecule has 1 unspecified atom stereocenters. The average molecular weight is 361 g/mol. The third-order valence-corrected chi connectivity index (χ3v) is 5.73. The highest BCUT2D eigenvalue weighted by Crippen LogP contribution is 2.31. The topological polar surface area (TPSA) is 46.4 Å². The second kappa shape index (κ2) is 7.95. The summed E-state index contributed by atoms with van der Waals surface area (Å²) in [6.45, 7) is 2.12. The van der Waals surface area contributed by atoms with E-state index in [9.17, 15) is 4.79 Å². The predicted octanol–water partition coefficient (Wildman–Crippen LogP) is 4.61. The maximum Gasteiger partial charge on any atom is 0.221 e. The first-order valence-corrected chi connectivity index (χ1v) is 9.99. The van der Waals surface area contributed by atoms with E-state index in [0.717, 1.165) is 24.2 Å². The monoisotopic (exact) mass is 361 g/mol. The molecule has 1 saturated carbocycles. The number of rotatable bonds is 5. The van der Waals surface area contributed by atoms with E-state index in [1.165, 1.54) is 30.4 Å². The first kappa shape index (κ1) is 17.8. The van der Waals surface area contributed by atoms with Gasteiger partial charge in [0, 0.05) is 30.8 Å². The van der Waals surface area contributed by atoms with Crippen molar-refractivity contribution in [2.24, 2.45) is 0 Å². The van der Waals surface area contributed by atoms with E-state index < -0.39 is 0 Å². The molecule has 1 N–H and O–H groups in total. The molecule has 0 spiro atoms. The predicted molar refractivity (Wildman–Crippen MR) is 108 cm³/mol. The zero-order chi connectivity index (χ0) is 18.6. The van der Waals surface area contributed by atoms with Gasteiger partial charge in [0.15, 0.2) is 0 Å². The molecule has 0 radical (unpaired) electrons. The lowest BCUT2D eigenvalue weighted by Gasteiger charge is -2.25. The third-order valence-electron chi connectivity index (χ3n) is 5.73. The standard InChI is InChI=1S/C23H27N3O/c1-17-9-5-6-12-19(17)20(15-23(27)25-18-10-3-2-4-11-18)21-16-24-22-13-7-8-14-26(21)22/h5-9,12-14,16,18,20H,2-4,10-11,15H2,1H3,(H,25,27). The van der Waals surface area contributed by atoms with Crippen molar-refractivity contribution >= 4 is 11.6 Å². The summed E-state index contributed by atoms with van der Waals surface area (Å²) in [5.41, 5.74) is 4.39. The molecule has 4 nitrogen and oxygen atoms in total. The number of hydrogen-bond donors (Lipinski definition) is 1. The Morgan fingerprint density at radius 2 is 1.93 bits per heavy atom. The van der Waals surface area contributed by atoms with Crippen LogP contribution in [0.15, 0.2) is 54.9 Å². The van der Waals surface area contributed by atoms with Gasteiger partial charge in [-0.25, -0.2) is 4.98 Å². The number of pyridine rings is 1. The van der Waals surface area contributed by atoms with E-state index in [2.05, 4.69) is 39.8 Å². The van der Waals surface area contributed by atoms with Gasteiger partial charge >= 0.3 is 0 Å². The van der Waals surface area contributed by atoms with Gasteiger partial charge in [-0.2, -0.15) is 0 Å². The molecule has 0 aliphatic heterocycles. The molecule has 1 aliphatic carbocycles. The number of carbonyl (C=O) groups excluding carboxylic acids is 1. The third kappa shape index (κ3) is 3.90. The Hall–Kier alpha value is -2.62. The fraction of sp³-hybridized carbons (Fsp3) is 0.391. The van der Waals surface area contributed by atoms with Crippen LogP contribution < -0.4 is 5.32 Å². The van der Waals surface area contributed by atoms with Crippen LogP contribution in [0, 0.1) is 6.92 Å². The van der Waals surface area contributed by atoms with Gasteiger partial charge in [-0.1, -0.05) is 49.6 Å². The van der Waals surface area contributed by atoms with Gasteiger partial charge in [0.25, 0.3) is 0 Å². The number of nitrogens with one attached hydrogen (secondary N) is 1. The lowest BCUT2D eigenvalue weighted by atomic mass is 9.88. The van der Waals surface area contributed by atoms with Crippen LogP contribution in [0.25, 0.3) is 5.65 Å². The normalized spacial score (nSPS) is 16.3. The zero-order valence-corrected chi connectivity index (χ0v) is 15.9. The SMILES string of the molecule is Cc1ccccc1C(CC(=O)NC1CCCCC1)c1cnc2ccccn12. The van der Waals surface area contributed by atoms with Crippen molar-refractivity contribution in [3.63, 3.8) is 0 Å². The number of fused-ring (bicyclic) bond motifs is 1. The molecule has 4 rings (SSSR count). The Bertz CT molecular complexity index is 924. The Labute approximate surface area is 160 Å². The van der Waals surface area contributed by atoms with Gasteiger partial charge in [-0.05, 0) is 43.0 Å². The number of benzene rings is 1. The summed E-state index contributed by atoms with van der Waals surface area (Å²) in [7, 11) is 0. The van der Waals surface area contributed by atoms with E-state index in [4.69, 9.17) is 0 Å². The molecule has 0 bridgehead atoms. The molecule has 4 heteroatoms. The molecule has 1 amide bonds. The molecule has 1 atom stereocenters. The number of hydrogen-bond acceptors (Lipinski definition) is 2. The van der Waals surface area contributed by atoms with Crippen LogP contribution in [0.1, 0.15) is 61.3 Å². The highest BCUT2D eigenvalue weighted by molar-refractivity contribution is 5.78. The van der Waals surface area contributed by atoms with Crippen LogP contribution in [0.5, 0.6) is 0 Å². The molecule has 1 aromatic carbocycles. The number of nitrogens with zero attached hydrogens (tertiary/aromatic N) is 2. The van der Waals surface area contributed by atoms with Crippen LogP contribution in [0.2, 0.25) is 0 Å². The van der Waals surface area contributed by atoms with Crippen molar-refractivity contribution in [3.8, 4) is 0 Å². The fourth-order valence-corrected chi connectivity index (χ4v) is 4.28. The van der Waals surface area contributed by atoms with E-state index >= 15 is 0 Å². The summed E-state index contributed by atoms with van der Waals surface area (Å²) in [4.78, 5) is 17.4. The minimum atomic E-state index is -0.00723. The quantitative estimate of drug-likeness (QED) is 0.721. The maximum absolute atomic E-state index is 12.9. The van der Waals surface area contributed by atoms with Crippen LogP contribution in [0.3, 0.4) is 0 Å². The van der Waals surface area contributed by atoms with E-state index in [1.54, 1.807) is 0 Å². The Morgan fingerprint density at radius 3 is 2.74 bits per heavy atom. The molecule has 2 heterocycles. The van der Waals surface area contributed by atoms with E-state index in [1.807, 2.05) is 36.7 Å². The highest BCUT2D eigenvalue weighted by atomic mass is 16.1. The number of aryl methyl sites for hydroxylation is 1. The van der Waals surface area contributed by atoms with Gasteiger partial charge in [0.1, 0.15) is 5.65 Å². The molecular weight excluding hydrogens is 334 g/mol. The molecular formula is C23H27N3O. The number of amides is 1. The lowest BCUT2D eigenvalue weighted by Crippen LogP contribution is -2.37. The minimum absolute atomic E-state index is 0.00723. The Morgan fingerprint density at radius 1 is 1.15 bits per heavy atom. The Balaban J connectivity index is 1.64. The van der Waals surface area contributed by atoms with Crippen molar-refractivity contribution in [2.75, 3.05) is 0 Å². The van der Waals surface area contributed by atoms with Gasteiger partial charge < -0.3 is 9.72 Å². The van der Waals surface area contributed by atoms with E-state index in [-0.39, 0.29) is 11.8 Å². The number of aromatic nitrogens is 2. The summed E-state index contributed by atoms with van der Waals surface area (Å²) in [6.07, 6.45) is 10.3. The number of carbonyl (C=O) groups is 1. The fourth-order valence-electron chi connectivity index (χ4n) is 4.28. The minimum Gasteiger partial charge on any atom is -0.353 e. The summed E-state index contributed by atoms with van der Waals surface area (Å²) >= 11 is 0. The van der Waals surface area contributed by atoms with Crippen molar-refractivity contribution in [1.29, 1.82) is 0 Å². The molecule has 140 valence electrons. The molecule has 1 aliphatic rings. The summed E-state index contributed by atoms with van der Waals surface area (Å²) in [5.74, 6) is 0.133. The van der Waals surface area contributed by atoms with E-state index in [0.29, 0.717) is 12.5 Å². The van der Waals surface area contributed by atoms with Crippen molar-refractivity contribution < 1.29 is 4.79 Å². The zero-order valence-electron chi connectivity index (χ0n) is 15.9. The number of imidazole rings is 1. The van der Waals surface area contributed by atoms with Crippen LogP contribution >= 0.6 is 0 Å². The molecule has 0 saturated heterocycles. The van der Waals surface area contributed by atoms with Gasteiger partial charge in [0.05, 0.1) is 5.69 Å². The summed E-state index contributed by atoms with van der Waals surface area (Å²) in [5, 5.41) is 3.28. The Kier molecular flexibility index (Phi) is 5.23. The van der Waals surface area contributed by atoms with Crippen LogP contribution in [-0.4, -0.2) is 21.3 Å². The molecule has 3 aromatic rings. The molecule has 2 aromatic heterocycles. The van der Waals surface area contributed by atoms with Crippen LogP contribution in [0.4, 0.5) is 0 Å². The summed E-state index contributed by atoms with van der Waals surface area (Å²) < 4.78 is 2.10. The largest absolute Gasteiger partial charge is 0.353 e. The first-order valence-electron chi connectivity index (χ1n) is 9.99. The van der Waals surface area contributed by atoms with Crippen molar-refractivity contribution in [1.82, 2.24) is 14.7 Å². The lowest BCUT2D eigenvalue weighted by molar-refractivity contribution is -0.122. The highest BCUT2D eigenvalue weighted by Gasteiger charge is 2.24. The van der Waals surface area contributed by atoms with Gasteiger partial charge in [0.2, 0.25) is 5.91 Å². The van der Waals surface area contributed by atoms with Gasteiger partial charge in [-0.15, -0.1) is 0 Å². The van der Waals surface area contributed by atoms with Crippen LogP contribution in [-0.2, 0) is 4.79 Å². The summed E-state index contributed by atoms with van der Waals surface area (Å²) in [6, 6.07) is 14.7. The van der Waals surface area contributed by atoms with Crippen molar-refractivity contribution in [3.05, 3.63) is 71.7 Å². The second-order valence-electron chi connectivity index (χ2n) is 7.63. The first-order chi connectivity index (χ1) is 13.2. The van der Waals surface area contributed by atoms with Gasteiger partial charge in [-0.3, -0.25) is 4.79 Å². The second-order valence-corrected chi connectivity index (χ2v) is 7.63. The maximum atomic E-state index is 12.9. The smallest absolute Gasteiger partial charge is 0.221 e.